The minimum absolute atomic E-state index is 0.359. The van der Waals surface area contributed by atoms with E-state index in [0.717, 1.165) is 10.9 Å². The zero-order valence-corrected chi connectivity index (χ0v) is 11.0. The molecule has 0 radical (unpaired) electrons. The molecule has 1 fully saturated rings. The van der Waals surface area contributed by atoms with Gasteiger partial charge in [0.25, 0.3) is 11.7 Å². The van der Waals surface area contributed by atoms with Gasteiger partial charge in [-0.05, 0) is 18.9 Å². The number of aromatic amines is 1. The molecule has 2 aromatic rings. The SMILES string of the molecule is O=C(C(=O)N1CCC(O)CC1)c1c[nH]c2ccccc12. The van der Waals surface area contributed by atoms with Crippen molar-refractivity contribution in [2.75, 3.05) is 13.1 Å². The number of amides is 1. The maximum absolute atomic E-state index is 12.3. The van der Waals surface area contributed by atoms with Crippen molar-refractivity contribution in [3.05, 3.63) is 36.0 Å². The third kappa shape index (κ3) is 2.20. The van der Waals surface area contributed by atoms with Gasteiger partial charge in [0.2, 0.25) is 0 Å². The van der Waals surface area contributed by atoms with Gasteiger partial charge in [-0.2, -0.15) is 0 Å². The molecule has 1 aromatic heterocycles. The topological polar surface area (TPSA) is 73.4 Å². The fourth-order valence-electron chi connectivity index (χ4n) is 2.59. The fraction of sp³-hybridized carbons (Fsp3) is 0.333. The Bertz CT molecular complexity index is 654. The molecule has 1 amide bonds. The highest BCUT2D eigenvalue weighted by atomic mass is 16.3. The van der Waals surface area contributed by atoms with E-state index in [-0.39, 0.29) is 6.10 Å². The number of rotatable bonds is 2. The molecular weight excluding hydrogens is 256 g/mol. The summed E-state index contributed by atoms with van der Waals surface area (Å²) in [6, 6.07) is 7.41. The number of H-pyrrole nitrogens is 1. The number of Topliss-reactive ketones (excluding diaryl/α,β-unsaturated/α-hetero) is 1. The van der Waals surface area contributed by atoms with Gasteiger partial charge in [0.05, 0.1) is 11.7 Å². The first-order valence-corrected chi connectivity index (χ1v) is 6.74. The van der Waals surface area contributed by atoms with Crippen LogP contribution < -0.4 is 0 Å². The summed E-state index contributed by atoms with van der Waals surface area (Å²) < 4.78 is 0. The first-order chi connectivity index (χ1) is 9.66. The lowest BCUT2D eigenvalue weighted by Gasteiger charge is -2.28. The minimum Gasteiger partial charge on any atom is -0.393 e. The highest BCUT2D eigenvalue weighted by Crippen LogP contribution is 2.20. The molecule has 0 atom stereocenters. The van der Waals surface area contributed by atoms with Crippen molar-refractivity contribution in [1.29, 1.82) is 0 Å². The molecule has 1 aliphatic heterocycles. The number of aliphatic hydroxyl groups excluding tert-OH is 1. The van der Waals surface area contributed by atoms with Gasteiger partial charge in [-0.25, -0.2) is 0 Å². The van der Waals surface area contributed by atoms with Crippen molar-refractivity contribution in [2.24, 2.45) is 0 Å². The fourth-order valence-corrected chi connectivity index (χ4v) is 2.59. The van der Waals surface area contributed by atoms with Gasteiger partial charge in [-0.3, -0.25) is 9.59 Å². The summed E-state index contributed by atoms with van der Waals surface area (Å²) in [5, 5.41) is 10.2. The van der Waals surface area contributed by atoms with E-state index in [1.807, 2.05) is 24.3 Å². The van der Waals surface area contributed by atoms with Crippen LogP contribution in [-0.2, 0) is 4.79 Å². The van der Waals surface area contributed by atoms with Crippen LogP contribution in [0, 0.1) is 0 Å². The second kappa shape index (κ2) is 5.09. The number of hydrogen-bond acceptors (Lipinski definition) is 3. The molecular formula is C15H16N2O3. The third-order valence-corrected chi connectivity index (χ3v) is 3.78. The highest BCUT2D eigenvalue weighted by molar-refractivity contribution is 6.44. The summed E-state index contributed by atoms with van der Waals surface area (Å²) in [7, 11) is 0. The monoisotopic (exact) mass is 272 g/mol. The van der Waals surface area contributed by atoms with Crippen molar-refractivity contribution in [2.45, 2.75) is 18.9 Å². The van der Waals surface area contributed by atoms with E-state index in [2.05, 4.69) is 4.98 Å². The van der Waals surface area contributed by atoms with E-state index in [1.165, 1.54) is 4.90 Å². The molecule has 3 rings (SSSR count). The molecule has 5 nitrogen and oxygen atoms in total. The van der Waals surface area contributed by atoms with Crippen LogP contribution in [0.1, 0.15) is 23.2 Å². The maximum Gasteiger partial charge on any atom is 0.295 e. The molecule has 1 aromatic carbocycles. The molecule has 0 unspecified atom stereocenters. The Kier molecular flexibility index (Phi) is 3.28. The van der Waals surface area contributed by atoms with Crippen LogP contribution in [0.2, 0.25) is 0 Å². The van der Waals surface area contributed by atoms with Crippen LogP contribution >= 0.6 is 0 Å². The summed E-state index contributed by atoms with van der Waals surface area (Å²) in [4.78, 5) is 29.1. The number of piperidine rings is 1. The zero-order chi connectivity index (χ0) is 14.1. The van der Waals surface area contributed by atoms with Gasteiger partial charge < -0.3 is 15.0 Å². The first kappa shape index (κ1) is 12.9. The molecule has 0 saturated carbocycles. The van der Waals surface area contributed by atoms with Gasteiger partial charge in [-0.1, -0.05) is 18.2 Å². The number of para-hydroxylation sites is 1. The number of aliphatic hydroxyl groups is 1. The van der Waals surface area contributed by atoms with Gasteiger partial charge in [0, 0.05) is 30.2 Å². The quantitative estimate of drug-likeness (QED) is 0.640. The van der Waals surface area contributed by atoms with Crippen molar-refractivity contribution in [3.8, 4) is 0 Å². The van der Waals surface area contributed by atoms with Gasteiger partial charge in [-0.15, -0.1) is 0 Å². The summed E-state index contributed by atoms with van der Waals surface area (Å²) in [6.07, 6.45) is 2.30. The number of ketones is 1. The molecule has 0 spiro atoms. The Balaban J connectivity index is 1.83. The van der Waals surface area contributed by atoms with E-state index in [9.17, 15) is 14.7 Å². The van der Waals surface area contributed by atoms with Crippen LogP contribution in [-0.4, -0.2) is 45.9 Å². The van der Waals surface area contributed by atoms with Gasteiger partial charge >= 0.3 is 0 Å². The van der Waals surface area contributed by atoms with E-state index < -0.39 is 11.7 Å². The van der Waals surface area contributed by atoms with Crippen molar-refractivity contribution >= 4 is 22.6 Å². The van der Waals surface area contributed by atoms with Crippen LogP contribution in [0.15, 0.2) is 30.5 Å². The number of benzene rings is 1. The number of nitrogens with zero attached hydrogens (tertiary/aromatic N) is 1. The molecule has 5 heteroatoms. The largest absolute Gasteiger partial charge is 0.393 e. The van der Waals surface area contributed by atoms with E-state index in [1.54, 1.807) is 6.20 Å². The zero-order valence-electron chi connectivity index (χ0n) is 11.0. The smallest absolute Gasteiger partial charge is 0.295 e. The second-order valence-electron chi connectivity index (χ2n) is 5.10. The summed E-state index contributed by atoms with van der Waals surface area (Å²) in [5.74, 6) is -0.972. The van der Waals surface area contributed by atoms with Crippen molar-refractivity contribution in [3.63, 3.8) is 0 Å². The average Bonchev–Trinajstić information content (AvgIpc) is 2.90. The van der Waals surface area contributed by atoms with E-state index in [0.29, 0.717) is 31.5 Å². The number of nitrogens with one attached hydrogen (secondary N) is 1. The predicted molar refractivity (Wildman–Crippen MR) is 74.5 cm³/mol. The number of aromatic nitrogens is 1. The van der Waals surface area contributed by atoms with Crippen molar-refractivity contribution < 1.29 is 14.7 Å². The Morgan fingerprint density at radius 2 is 1.90 bits per heavy atom. The normalized spacial score (nSPS) is 16.6. The number of likely N-dealkylation sites (tertiary alicyclic amines) is 1. The van der Waals surface area contributed by atoms with E-state index >= 15 is 0 Å². The van der Waals surface area contributed by atoms with Gasteiger partial charge in [0.15, 0.2) is 0 Å². The lowest BCUT2D eigenvalue weighted by molar-refractivity contribution is -0.128. The molecule has 0 bridgehead atoms. The summed E-state index contributed by atoms with van der Waals surface area (Å²) in [5.41, 5.74) is 1.26. The second-order valence-corrected chi connectivity index (χ2v) is 5.10. The lowest BCUT2D eigenvalue weighted by Crippen LogP contribution is -2.43. The number of hydrogen-bond donors (Lipinski definition) is 2. The number of carbonyl (C=O) groups is 2. The summed E-state index contributed by atoms with van der Waals surface area (Å²) >= 11 is 0. The lowest BCUT2D eigenvalue weighted by atomic mass is 10.0. The molecule has 104 valence electrons. The Hall–Kier alpha value is -2.14. The van der Waals surface area contributed by atoms with E-state index in [4.69, 9.17) is 0 Å². The first-order valence-electron chi connectivity index (χ1n) is 6.74. The van der Waals surface area contributed by atoms with Crippen molar-refractivity contribution in [1.82, 2.24) is 9.88 Å². The molecule has 1 saturated heterocycles. The molecule has 0 aliphatic carbocycles. The standard InChI is InChI=1S/C15H16N2O3/c18-10-5-7-17(8-6-10)15(20)14(19)12-9-16-13-4-2-1-3-11(12)13/h1-4,9-10,16,18H,5-8H2. The molecule has 1 aliphatic rings. The molecule has 20 heavy (non-hydrogen) atoms. The predicted octanol–water partition coefficient (Wildman–Crippen LogP) is 1.33. The van der Waals surface area contributed by atoms with Crippen LogP contribution in [0.4, 0.5) is 0 Å². The number of carbonyl (C=O) groups excluding carboxylic acids is 2. The summed E-state index contributed by atoms with van der Waals surface area (Å²) in [6.45, 7) is 0.877. The average molecular weight is 272 g/mol. The van der Waals surface area contributed by atoms with Crippen LogP contribution in [0.3, 0.4) is 0 Å². The molecule has 2 N–H and O–H groups in total. The third-order valence-electron chi connectivity index (χ3n) is 3.78. The van der Waals surface area contributed by atoms with Crippen LogP contribution in [0.25, 0.3) is 10.9 Å². The highest BCUT2D eigenvalue weighted by Gasteiger charge is 2.28. The number of fused-ring (bicyclic) bond motifs is 1. The Morgan fingerprint density at radius 3 is 2.65 bits per heavy atom. The Labute approximate surface area is 116 Å². The Morgan fingerprint density at radius 1 is 1.20 bits per heavy atom. The van der Waals surface area contributed by atoms with Crippen LogP contribution in [0.5, 0.6) is 0 Å². The maximum atomic E-state index is 12.3. The minimum atomic E-state index is -0.487. The van der Waals surface area contributed by atoms with Gasteiger partial charge in [0.1, 0.15) is 0 Å². The molecule has 2 heterocycles.